The van der Waals surface area contributed by atoms with Gasteiger partial charge < -0.3 is 5.73 Å². The lowest BCUT2D eigenvalue weighted by molar-refractivity contribution is 1.45. The largest absolute Gasteiger partial charge is 0.398 e. The van der Waals surface area contributed by atoms with Crippen molar-refractivity contribution in [2.24, 2.45) is 0 Å². The molecule has 126 valence electrons. The minimum Gasteiger partial charge on any atom is -0.398 e. The number of rotatable bonds is 3. The molecule has 0 saturated heterocycles. The van der Waals surface area contributed by atoms with Crippen LogP contribution < -0.4 is 5.73 Å². The summed E-state index contributed by atoms with van der Waals surface area (Å²) in [5, 5.41) is 0. The van der Waals surface area contributed by atoms with E-state index in [0.29, 0.717) is 0 Å². The molecule has 0 heterocycles. The van der Waals surface area contributed by atoms with Crippen LogP contribution in [0.15, 0.2) is 97.1 Å². The Hall–Kier alpha value is -3.32. The van der Waals surface area contributed by atoms with Crippen LogP contribution in [0.2, 0.25) is 0 Å². The number of anilines is 1. The Balaban J connectivity index is 1.97. The minimum atomic E-state index is 0.814. The van der Waals surface area contributed by atoms with Crippen molar-refractivity contribution in [2.75, 3.05) is 5.73 Å². The van der Waals surface area contributed by atoms with Gasteiger partial charge in [-0.15, -0.1) is 0 Å². The fourth-order valence-electron chi connectivity index (χ4n) is 3.45. The van der Waals surface area contributed by atoms with Gasteiger partial charge in [-0.3, -0.25) is 0 Å². The number of hydrogen-bond donors (Lipinski definition) is 1. The van der Waals surface area contributed by atoms with Gasteiger partial charge in [0.05, 0.1) is 0 Å². The highest BCUT2D eigenvalue weighted by Crippen LogP contribution is 2.36. The number of nitrogen functional groups attached to an aromatic ring is 1. The Morgan fingerprint density at radius 3 is 1.50 bits per heavy atom. The fraction of sp³-hybridized carbons (Fsp3) is 0.0400. The smallest absolute Gasteiger partial charge is 0.0396 e. The average molecular weight is 335 g/mol. The van der Waals surface area contributed by atoms with Crippen LogP contribution in [0.25, 0.3) is 33.4 Å². The molecule has 26 heavy (non-hydrogen) atoms. The Morgan fingerprint density at radius 2 is 1.00 bits per heavy atom. The lowest BCUT2D eigenvalue weighted by Gasteiger charge is -2.14. The second kappa shape index (κ2) is 6.89. The van der Waals surface area contributed by atoms with Crippen LogP contribution in [0.3, 0.4) is 0 Å². The topological polar surface area (TPSA) is 26.0 Å². The van der Waals surface area contributed by atoms with Crippen molar-refractivity contribution in [3.63, 3.8) is 0 Å². The molecule has 4 aromatic carbocycles. The molecule has 0 bridgehead atoms. The number of aryl methyl sites for hydroxylation is 1. The van der Waals surface area contributed by atoms with E-state index >= 15 is 0 Å². The molecular formula is C25H21N. The molecule has 0 amide bonds. The molecule has 4 rings (SSSR count). The summed E-state index contributed by atoms with van der Waals surface area (Å²) in [4.78, 5) is 0. The van der Waals surface area contributed by atoms with Gasteiger partial charge in [0, 0.05) is 11.3 Å². The molecule has 0 fully saturated rings. The standard InChI is InChI=1S/C25H21N/c1-18-9-8-14-24(26)25(18)23-16-21(19-10-4-2-5-11-19)15-22(17-23)20-12-6-3-7-13-20/h2-17H,26H2,1H3. The Kier molecular flexibility index (Phi) is 4.28. The van der Waals surface area contributed by atoms with E-state index in [9.17, 15) is 0 Å². The Bertz CT molecular complexity index is 956. The molecular weight excluding hydrogens is 314 g/mol. The molecule has 0 aliphatic heterocycles. The van der Waals surface area contributed by atoms with Gasteiger partial charge in [0.1, 0.15) is 0 Å². The maximum atomic E-state index is 6.33. The van der Waals surface area contributed by atoms with Gasteiger partial charge in [0.2, 0.25) is 0 Å². The number of nitrogens with two attached hydrogens (primary N) is 1. The zero-order chi connectivity index (χ0) is 17.9. The third-order valence-corrected chi connectivity index (χ3v) is 4.74. The molecule has 0 aromatic heterocycles. The molecule has 4 aromatic rings. The van der Waals surface area contributed by atoms with Crippen molar-refractivity contribution >= 4 is 5.69 Å². The lowest BCUT2D eigenvalue weighted by Crippen LogP contribution is -1.94. The highest BCUT2D eigenvalue weighted by Gasteiger charge is 2.11. The van der Waals surface area contributed by atoms with Crippen LogP contribution in [0.4, 0.5) is 5.69 Å². The maximum Gasteiger partial charge on any atom is 0.0396 e. The van der Waals surface area contributed by atoms with E-state index in [1.165, 1.54) is 27.8 Å². The fourth-order valence-corrected chi connectivity index (χ4v) is 3.45. The number of hydrogen-bond acceptors (Lipinski definition) is 1. The SMILES string of the molecule is Cc1cccc(N)c1-c1cc(-c2ccccc2)cc(-c2ccccc2)c1. The van der Waals surface area contributed by atoms with Crippen LogP contribution in [0.5, 0.6) is 0 Å². The maximum absolute atomic E-state index is 6.33. The van der Waals surface area contributed by atoms with Crippen molar-refractivity contribution in [3.05, 3.63) is 103 Å². The van der Waals surface area contributed by atoms with Gasteiger partial charge in [-0.05, 0) is 64.6 Å². The molecule has 0 aliphatic carbocycles. The molecule has 2 N–H and O–H groups in total. The van der Waals surface area contributed by atoms with Crippen LogP contribution in [0, 0.1) is 6.92 Å². The quantitative estimate of drug-likeness (QED) is 0.421. The van der Waals surface area contributed by atoms with Crippen molar-refractivity contribution in [2.45, 2.75) is 6.92 Å². The highest BCUT2D eigenvalue weighted by atomic mass is 14.6. The van der Waals surface area contributed by atoms with Gasteiger partial charge in [0.25, 0.3) is 0 Å². The molecule has 1 nitrogen and oxygen atoms in total. The summed E-state index contributed by atoms with van der Waals surface area (Å²) in [6, 6.07) is 33.8. The first-order chi connectivity index (χ1) is 12.7. The van der Waals surface area contributed by atoms with E-state index in [-0.39, 0.29) is 0 Å². The molecule has 0 atom stereocenters. The lowest BCUT2D eigenvalue weighted by atomic mass is 9.91. The third kappa shape index (κ3) is 3.12. The highest BCUT2D eigenvalue weighted by molar-refractivity contribution is 5.86. The van der Waals surface area contributed by atoms with Crippen LogP contribution in [-0.2, 0) is 0 Å². The molecule has 0 spiro atoms. The van der Waals surface area contributed by atoms with Crippen molar-refractivity contribution < 1.29 is 0 Å². The summed E-state index contributed by atoms with van der Waals surface area (Å²) < 4.78 is 0. The summed E-state index contributed by atoms with van der Waals surface area (Å²) in [6.45, 7) is 2.11. The van der Waals surface area contributed by atoms with Crippen molar-refractivity contribution in [1.82, 2.24) is 0 Å². The zero-order valence-corrected chi connectivity index (χ0v) is 14.8. The summed E-state index contributed by atoms with van der Waals surface area (Å²) in [5.41, 5.74) is 15.4. The molecule has 0 saturated carbocycles. The van der Waals surface area contributed by atoms with Crippen LogP contribution >= 0.6 is 0 Å². The minimum absolute atomic E-state index is 0.814. The summed E-state index contributed by atoms with van der Waals surface area (Å²) in [5.74, 6) is 0. The van der Waals surface area contributed by atoms with Gasteiger partial charge >= 0.3 is 0 Å². The third-order valence-electron chi connectivity index (χ3n) is 4.74. The van der Waals surface area contributed by atoms with Gasteiger partial charge in [-0.25, -0.2) is 0 Å². The van der Waals surface area contributed by atoms with E-state index < -0.39 is 0 Å². The van der Waals surface area contributed by atoms with Crippen LogP contribution in [0.1, 0.15) is 5.56 Å². The summed E-state index contributed by atoms with van der Waals surface area (Å²) in [7, 11) is 0. The monoisotopic (exact) mass is 335 g/mol. The van der Waals surface area contributed by atoms with E-state index in [1.807, 2.05) is 24.3 Å². The summed E-state index contributed by atoms with van der Waals surface area (Å²) >= 11 is 0. The van der Waals surface area contributed by atoms with E-state index in [2.05, 4.69) is 79.7 Å². The average Bonchev–Trinajstić information content (AvgIpc) is 2.69. The van der Waals surface area contributed by atoms with E-state index in [0.717, 1.165) is 16.8 Å². The van der Waals surface area contributed by atoms with Gasteiger partial charge in [-0.1, -0.05) is 72.8 Å². The first-order valence-corrected chi connectivity index (χ1v) is 8.84. The predicted octanol–water partition coefficient (Wildman–Crippen LogP) is 6.58. The predicted molar refractivity (Wildman–Crippen MR) is 112 cm³/mol. The first kappa shape index (κ1) is 16.2. The van der Waals surface area contributed by atoms with Crippen LogP contribution in [-0.4, -0.2) is 0 Å². The van der Waals surface area contributed by atoms with Crippen molar-refractivity contribution in [1.29, 1.82) is 0 Å². The molecule has 0 unspecified atom stereocenters. The normalized spacial score (nSPS) is 10.7. The molecule has 0 aliphatic rings. The Labute approximate surface area is 154 Å². The second-order valence-corrected chi connectivity index (χ2v) is 6.57. The molecule has 0 radical (unpaired) electrons. The van der Waals surface area contributed by atoms with Gasteiger partial charge in [0.15, 0.2) is 0 Å². The first-order valence-electron chi connectivity index (χ1n) is 8.84. The van der Waals surface area contributed by atoms with E-state index in [1.54, 1.807) is 0 Å². The zero-order valence-electron chi connectivity index (χ0n) is 14.8. The molecule has 1 heteroatoms. The summed E-state index contributed by atoms with van der Waals surface area (Å²) in [6.07, 6.45) is 0. The Morgan fingerprint density at radius 1 is 0.500 bits per heavy atom. The van der Waals surface area contributed by atoms with Gasteiger partial charge in [-0.2, -0.15) is 0 Å². The second-order valence-electron chi connectivity index (χ2n) is 6.57. The van der Waals surface area contributed by atoms with E-state index in [4.69, 9.17) is 5.73 Å². The number of benzene rings is 4. The van der Waals surface area contributed by atoms with Crippen molar-refractivity contribution in [3.8, 4) is 33.4 Å².